The molecule has 0 atom stereocenters. The van der Waals surface area contributed by atoms with E-state index in [1.165, 1.54) is 0 Å². The number of hydrogen-bond donors (Lipinski definition) is 2. The van der Waals surface area contributed by atoms with Gasteiger partial charge >= 0.3 is 0 Å². The van der Waals surface area contributed by atoms with Crippen molar-refractivity contribution in [1.29, 1.82) is 0 Å². The predicted molar refractivity (Wildman–Crippen MR) is 106 cm³/mol. The number of benzene rings is 2. The van der Waals surface area contributed by atoms with Crippen LogP contribution >= 0.6 is 11.6 Å². The second kappa shape index (κ2) is 7.82. The van der Waals surface area contributed by atoms with Crippen LogP contribution in [0.5, 0.6) is 0 Å². The van der Waals surface area contributed by atoms with Crippen LogP contribution in [-0.2, 0) is 4.79 Å². The first-order chi connectivity index (χ1) is 13.6. The minimum atomic E-state index is -0.407. The highest BCUT2D eigenvalue weighted by Crippen LogP contribution is 2.41. The van der Waals surface area contributed by atoms with Gasteiger partial charge in [-0.05, 0) is 49.2 Å². The second-order valence-corrected chi connectivity index (χ2v) is 7.02. The van der Waals surface area contributed by atoms with Crippen LogP contribution in [0, 0.1) is 0 Å². The Labute approximate surface area is 166 Å². The fourth-order valence-electron chi connectivity index (χ4n) is 2.92. The lowest BCUT2D eigenvalue weighted by molar-refractivity contribution is -0.115. The molecule has 1 aliphatic rings. The van der Waals surface area contributed by atoms with E-state index in [1.54, 1.807) is 28.9 Å². The summed E-state index contributed by atoms with van der Waals surface area (Å²) in [6.45, 7) is -0.163. The molecule has 2 N–H and O–H groups in total. The summed E-state index contributed by atoms with van der Waals surface area (Å²) in [6.07, 6.45) is 2.00. The molecule has 0 aliphatic heterocycles. The molecule has 2 aromatic carbocycles. The highest BCUT2D eigenvalue weighted by Gasteiger charge is 2.34. The summed E-state index contributed by atoms with van der Waals surface area (Å²) in [7, 11) is 0. The number of carbonyl (C=O) groups excluding carboxylic acids is 2. The van der Waals surface area contributed by atoms with E-state index in [2.05, 4.69) is 20.9 Å². The molecule has 28 heavy (non-hydrogen) atoms. The van der Waals surface area contributed by atoms with Crippen LogP contribution in [0.2, 0.25) is 5.02 Å². The monoisotopic (exact) mass is 395 g/mol. The Balaban J connectivity index is 1.44. The van der Waals surface area contributed by atoms with Crippen LogP contribution in [0.15, 0.2) is 54.6 Å². The van der Waals surface area contributed by atoms with Crippen molar-refractivity contribution < 1.29 is 9.59 Å². The van der Waals surface area contributed by atoms with Crippen LogP contribution < -0.4 is 10.6 Å². The molecule has 1 aliphatic carbocycles. The molecule has 4 rings (SSSR count). The summed E-state index contributed by atoms with van der Waals surface area (Å²) < 4.78 is 1.71. The van der Waals surface area contributed by atoms with Crippen molar-refractivity contribution in [2.75, 3.05) is 11.9 Å². The number of nitrogens with zero attached hydrogens (tertiary/aromatic N) is 3. The first kappa shape index (κ1) is 18.2. The maximum atomic E-state index is 12.6. The number of aromatic nitrogens is 3. The van der Waals surface area contributed by atoms with Gasteiger partial charge in [-0.3, -0.25) is 9.59 Å². The lowest BCUT2D eigenvalue weighted by atomic mass is 10.2. The van der Waals surface area contributed by atoms with Gasteiger partial charge in [-0.1, -0.05) is 35.0 Å². The molecule has 3 aromatic rings. The summed E-state index contributed by atoms with van der Waals surface area (Å²) in [5.74, 6) is -0.478. The topological polar surface area (TPSA) is 88.9 Å². The van der Waals surface area contributed by atoms with Gasteiger partial charge in [0.1, 0.15) is 0 Å². The van der Waals surface area contributed by atoms with Gasteiger partial charge in [-0.15, -0.1) is 5.10 Å². The second-order valence-electron chi connectivity index (χ2n) is 6.58. The first-order valence-corrected chi connectivity index (χ1v) is 9.34. The normalized spacial score (nSPS) is 13.2. The largest absolute Gasteiger partial charge is 0.342 e. The average Bonchev–Trinajstić information content (AvgIpc) is 3.46. The van der Waals surface area contributed by atoms with Gasteiger partial charge in [0.2, 0.25) is 5.91 Å². The average molecular weight is 396 g/mol. The molecule has 0 bridgehead atoms. The summed E-state index contributed by atoms with van der Waals surface area (Å²) in [5, 5.41) is 14.2. The van der Waals surface area contributed by atoms with E-state index in [9.17, 15) is 9.59 Å². The minimum Gasteiger partial charge on any atom is -0.342 e. The van der Waals surface area contributed by atoms with Gasteiger partial charge in [0.05, 0.1) is 17.9 Å². The molecular weight excluding hydrogens is 378 g/mol. The van der Waals surface area contributed by atoms with E-state index in [0.29, 0.717) is 10.7 Å². The third-order valence-corrected chi connectivity index (χ3v) is 4.67. The number of halogens is 1. The Kier molecular flexibility index (Phi) is 5.08. The molecule has 7 nitrogen and oxygen atoms in total. The lowest BCUT2D eigenvalue weighted by Crippen LogP contribution is -2.33. The standard InChI is InChI=1S/C20H18ClN5O2/c21-14-8-10-15(11-9-14)23-17(27)12-22-20(28)18-19(13-6-7-13)26(25-24-18)16-4-2-1-3-5-16/h1-5,8-11,13H,6-7,12H2,(H,22,28)(H,23,27). The number of nitrogens with one attached hydrogen (secondary N) is 2. The van der Waals surface area contributed by atoms with Crippen molar-refractivity contribution >= 4 is 29.1 Å². The fraction of sp³-hybridized carbons (Fsp3) is 0.200. The maximum Gasteiger partial charge on any atom is 0.274 e. The number of carbonyl (C=O) groups is 2. The molecule has 1 fully saturated rings. The maximum absolute atomic E-state index is 12.6. The van der Waals surface area contributed by atoms with Crippen molar-refractivity contribution in [3.63, 3.8) is 0 Å². The van der Waals surface area contributed by atoms with Gasteiger partial charge in [0.25, 0.3) is 5.91 Å². The van der Waals surface area contributed by atoms with Gasteiger partial charge < -0.3 is 10.6 Å². The third-order valence-electron chi connectivity index (χ3n) is 4.42. The smallest absolute Gasteiger partial charge is 0.274 e. The minimum absolute atomic E-state index is 0.163. The number of amides is 2. The van der Waals surface area contributed by atoms with E-state index in [1.807, 2.05) is 30.3 Å². The molecule has 0 unspecified atom stereocenters. The molecule has 0 saturated heterocycles. The number of anilines is 1. The quantitative estimate of drug-likeness (QED) is 0.671. The predicted octanol–water partition coefficient (Wildman–Crippen LogP) is 3.17. The molecule has 142 valence electrons. The van der Waals surface area contributed by atoms with E-state index in [-0.39, 0.29) is 24.1 Å². The van der Waals surface area contributed by atoms with Gasteiger partial charge in [-0.25, -0.2) is 4.68 Å². The van der Waals surface area contributed by atoms with Crippen molar-refractivity contribution in [1.82, 2.24) is 20.3 Å². The Morgan fingerprint density at radius 1 is 1.07 bits per heavy atom. The fourth-order valence-corrected chi connectivity index (χ4v) is 3.04. The zero-order valence-corrected chi connectivity index (χ0v) is 15.7. The van der Waals surface area contributed by atoms with Crippen LogP contribution in [0.3, 0.4) is 0 Å². The van der Waals surface area contributed by atoms with Crippen LogP contribution in [0.25, 0.3) is 5.69 Å². The Morgan fingerprint density at radius 2 is 1.79 bits per heavy atom. The van der Waals surface area contributed by atoms with E-state index < -0.39 is 5.91 Å². The number of para-hydroxylation sites is 1. The van der Waals surface area contributed by atoms with Crippen LogP contribution in [-0.4, -0.2) is 33.4 Å². The Bertz CT molecular complexity index is 997. The number of hydrogen-bond acceptors (Lipinski definition) is 4. The zero-order valence-electron chi connectivity index (χ0n) is 14.9. The van der Waals surface area contributed by atoms with Gasteiger partial charge in [0, 0.05) is 16.6 Å². The van der Waals surface area contributed by atoms with Crippen molar-refractivity contribution in [2.24, 2.45) is 0 Å². The van der Waals surface area contributed by atoms with Crippen molar-refractivity contribution in [3.8, 4) is 5.69 Å². The van der Waals surface area contributed by atoms with E-state index in [4.69, 9.17) is 11.6 Å². The summed E-state index contributed by atoms with van der Waals surface area (Å²) >= 11 is 5.83. The first-order valence-electron chi connectivity index (χ1n) is 8.96. The van der Waals surface area contributed by atoms with Gasteiger partial charge in [-0.2, -0.15) is 0 Å². The molecular formula is C20H18ClN5O2. The van der Waals surface area contributed by atoms with Gasteiger partial charge in [0.15, 0.2) is 5.69 Å². The van der Waals surface area contributed by atoms with E-state index >= 15 is 0 Å². The van der Waals surface area contributed by atoms with Crippen LogP contribution in [0.4, 0.5) is 5.69 Å². The van der Waals surface area contributed by atoms with E-state index in [0.717, 1.165) is 24.2 Å². The highest BCUT2D eigenvalue weighted by molar-refractivity contribution is 6.30. The molecule has 0 spiro atoms. The van der Waals surface area contributed by atoms with Crippen LogP contribution in [0.1, 0.15) is 34.9 Å². The highest BCUT2D eigenvalue weighted by atomic mass is 35.5. The third kappa shape index (κ3) is 4.04. The zero-order chi connectivity index (χ0) is 19.5. The summed E-state index contributed by atoms with van der Waals surface area (Å²) in [6, 6.07) is 16.3. The molecule has 0 radical (unpaired) electrons. The Morgan fingerprint density at radius 3 is 2.46 bits per heavy atom. The van der Waals surface area contributed by atoms with Crippen molar-refractivity contribution in [2.45, 2.75) is 18.8 Å². The number of rotatable bonds is 6. The lowest BCUT2D eigenvalue weighted by Gasteiger charge is -2.08. The van der Waals surface area contributed by atoms with Crippen molar-refractivity contribution in [3.05, 3.63) is 71.0 Å². The molecule has 1 heterocycles. The molecule has 1 aromatic heterocycles. The molecule has 1 saturated carbocycles. The summed E-state index contributed by atoms with van der Waals surface area (Å²) in [4.78, 5) is 24.7. The Hall–Kier alpha value is -3.19. The SMILES string of the molecule is O=C(CNC(=O)c1nnn(-c2ccccc2)c1C1CC1)Nc1ccc(Cl)cc1. The molecule has 8 heteroatoms. The molecule has 2 amide bonds. The summed E-state index contributed by atoms with van der Waals surface area (Å²) in [5.41, 5.74) is 2.53.